The second-order valence-corrected chi connectivity index (χ2v) is 4.25. The van der Waals surface area contributed by atoms with Crippen molar-refractivity contribution in [2.45, 2.75) is 6.92 Å². The van der Waals surface area contributed by atoms with Crippen LogP contribution in [0.1, 0.15) is 6.92 Å². The molecule has 0 heterocycles. The largest absolute Gasteiger partial charge is 0.384 e. The van der Waals surface area contributed by atoms with Crippen LogP contribution in [0.15, 0.2) is 28.7 Å². The zero-order valence-corrected chi connectivity index (χ0v) is 10.3. The zero-order chi connectivity index (χ0) is 10.4. The molecule has 0 aliphatic rings. The highest BCUT2D eigenvalue weighted by atomic mass is 79.9. The average molecular weight is 257 g/mol. The molecule has 1 N–H and O–H groups in total. The minimum absolute atomic E-state index is 0.987. The molecule has 0 spiro atoms. The van der Waals surface area contributed by atoms with Gasteiger partial charge in [-0.2, -0.15) is 0 Å². The van der Waals surface area contributed by atoms with E-state index in [4.69, 9.17) is 0 Å². The second-order valence-electron chi connectivity index (χ2n) is 3.33. The summed E-state index contributed by atoms with van der Waals surface area (Å²) in [6.45, 7) is 5.32. The Morgan fingerprint density at radius 3 is 2.86 bits per heavy atom. The summed E-state index contributed by atoms with van der Waals surface area (Å²) >= 11 is 3.45. The lowest BCUT2D eigenvalue weighted by Gasteiger charge is -2.14. The first-order valence-corrected chi connectivity index (χ1v) is 5.69. The van der Waals surface area contributed by atoms with E-state index in [9.17, 15) is 0 Å². The molecule has 1 rings (SSSR count). The molecule has 0 fully saturated rings. The van der Waals surface area contributed by atoms with Crippen LogP contribution >= 0.6 is 15.9 Å². The van der Waals surface area contributed by atoms with Gasteiger partial charge in [0.2, 0.25) is 0 Å². The molecular weight excluding hydrogens is 240 g/mol. The summed E-state index contributed by atoms with van der Waals surface area (Å²) in [6, 6.07) is 8.24. The third-order valence-electron chi connectivity index (χ3n) is 2.19. The first-order valence-electron chi connectivity index (χ1n) is 4.90. The highest BCUT2D eigenvalue weighted by Gasteiger charge is 1.95. The molecule has 0 saturated heterocycles. The minimum Gasteiger partial charge on any atom is -0.384 e. The van der Waals surface area contributed by atoms with E-state index >= 15 is 0 Å². The van der Waals surface area contributed by atoms with Crippen LogP contribution in [0.2, 0.25) is 0 Å². The Morgan fingerprint density at radius 1 is 1.43 bits per heavy atom. The number of anilines is 1. The summed E-state index contributed by atoms with van der Waals surface area (Å²) in [5.74, 6) is 0. The summed E-state index contributed by atoms with van der Waals surface area (Å²) in [6.07, 6.45) is 0. The Kier molecular flexibility index (Phi) is 4.98. The molecule has 0 unspecified atom stereocenters. The molecule has 3 heteroatoms. The van der Waals surface area contributed by atoms with Gasteiger partial charge in [0.25, 0.3) is 0 Å². The molecule has 1 aromatic rings. The van der Waals surface area contributed by atoms with Gasteiger partial charge in [-0.25, -0.2) is 0 Å². The van der Waals surface area contributed by atoms with Crippen molar-refractivity contribution >= 4 is 21.6 Å². The first kappa shape index (κ1) is 11.5. The number of benzene rings is 1. The Morgan fingerprint density at radius 2 is 2.21 bits per heavy atom. The molecule has 0 atom stereocenters. The van der Waals surface area contributed by atoms with Crippen molar-refractivity contribution in [3.63, 3.8) is 0 Å². The summed E-state index contributed by atoms with van der Waals surface area (Å²) in [4.78, 5) is 2.28. The van der Waals surface area contributed by atoms with Gasteiger partial charge < -0.3 is 10.2 Å². The summed E-state index contributed by atoms with van der Waals surface area (Å²) in [5.41, 5.74) is 1.17. The van der Waals surface area contributed by atoms with E-state index < -0.39 is 0 Å². The zero-order valence-electron chi connectivity index (χ0n) is 8.76. The smallest absolute Gasteiger partial charge is 0.0351 e. The van der Waals surface area contributed by atoms with Gasteiger partial charge in [0.1, 0.15) is 0 Å². The Hall–Kier alpha value is -0.540. The van der Waals surface area contributed by atoms with Gasteiger partial charge in [0.05, 0.1) is 0 Å². The first-order chi connectivity index (χ1) is 6.72. The van der Waals surface area contributed by atoms with Crippen molar-refractivity contribution in [2.24, 2.45) is 0 Å². The Labute approximate surface area is 94.4 Å². The molecule has 0 amide bonds. The average Bonchev–Trinajstić information content (AvgIpc) is 2.17. The molecule has 14 heavy (non-hydrogen) atoms. The molecule has 0 aromatic heterocycles. The molecular formula is C11H17BrN2. The van der Waals surface area contributed by atoms with Crippen LogP contribution in [0.4, 0.5) is 5.69 Å². The predicted molar refractivity (Wildman–Crippen MR) is 65.8 cm³/mol. The number of hydrogen-bond acceptors (Lipinski definition) is 2. The lowest BCUT2D eigenvalue weighted by Crippen LogP contribution is -2.24. The topological polar surface area (TPSA) is 15.3 Å². The van der Waals surface area contributed by atoms with E-state index in [1.54, 1.807) is 0 Å². The second kappa shape index (κ2) is 6.04. The highest BCUT2D eigenvalue weighted by molar-refractivity contribution is 9.10. The summed E-state index contributed by atoms with van der Waals surface area (Å²) in [5, 5.41) is 3.38. The number of hydrogen-bond donors (Lipinski definition) is 1. The third-order valence-corrected chi connectivity index (χ3v) is 2.68. The molecule has 1 aromatic carbocycles. The van der Waals surface area contributed by atoms with Crippen LogP contribution in [0.3, 0.4) is 0 Å². The fourth-order valence-electron chi connectivity index (χ4n) is 1.15. The fourth-order valence-corrected chi connectivity index (χ4v) is 1.55. The normalized spacial score (nSPS) is 10.6. The molecule has 0 radical (unpaired) electrons. The van der Waals surface area contributed by atoms with Crippen molar-refractivity contribution in [2.75, 3.05) is 32.0 Å². The van der Waals surface area contributed by atoms with Crippen LogP contribution in [0, 0.1) is 0 Å². The van der Waals surface area contributed by atoms with E-state index in [2.05, 4.69) is 52.3 Å². The van der Waals surface area contributed by atoms with Crippen molar-refractivity contribution in [1.82, 2.24) is 4.90 Å². The van der Waals surface area contributed by atoms with Gasteiger partial charge in [-0.1, -0.05) is 28.9 Å². The van der Waals surface area contributed by atoms with Gasteiger partial charge in [-0.05, 0) is 31.8 Å². The number of nitrogens with zero attached hydrogens (tertiary/aromatic N) is 1. The Balaban J connectivity index is 2.31. The molecule has 78 valence electrons. The van der Waals surface area contributed by atoms with E-state index in [1.807, 2.05) is 12.1 Å². The Bertz CT molecular complexity index is 276. The third kappa shape index (κ3) is 4.11. The van der Waals surface area contributed by atoms with Gasteiger partial charge in [-0.15, -0.1) is 0 Å². The van der Waals surface area contributed by atoms with Gasteiger partial charge in [-0.3, -0.25) is 0 Å². The standard InChI is InChI=1S/C11H17BrN2/c1-3-14(2)8-7-13-11-6-4-5-10(12)9-11/h4-6,9,13H,3,7-8H2,1-2H3. The minimum atomic E-state index is 0.987. The highest BCUT2D eigenvalue weighted by Crippen LogP contribution is 2.15. The summed E-state index contributed by atoms with van der Waals surface area (Å²) in [7, 11) is 2.13. The van der Waals surface area contributed by atoms with E-state index in [0.717, 1.165) is 24.1 Å². The van der Waals surface area contributed by atoms with Crippen LogP contribution in [0.5, 0.6) is 0 Å². The maximum Gasteiger partial charge on any atom is 0.0351 e. The van der Waals surface area contributed by atoms with Crippen LogP contribution in [0.25, 0.3) is 0 Å². The van der Waals surface area contributed by atoms with Crippen LogP contribution < -0.4 is 5.32 Å². The van der Waals surface area contributed by atoms with Crippen LogP contribution in [-0.2, 0) is 0 Å². The molecule has 0 bridgehead atoms. The predicted octanol–water partition coefficient (Wildman–Crippen LogP) is 2.81. The SMILES string of the molecule is CCN(C)CCNc1cccc(Br)c1. The van der Waals surface area contributed by atoms with Gasteiger partial charge >= 0.3 is 0 Å². The molecule has 0 saturated carbocycles. The quantitative estimate of drug-likeness (QED) is 0.872. The number of likely N-dealkylation sites (N-methyl/N-ethyl adjacent to an activating group) is 1. The lowest BCUT2D eigenvalue weighted by molar-refractivity contribution is 0.367. The maximum atomic E-state index is 3.45. The van der Waals surface area contributed by atoms with Crippen molar-refractivity contribution in [1.29, 1.82) is 0 Å². The van der Waals surface area contributed by atoms with E-state index in [0.29, 0.717) is 0 Å². The maximum absolute atomic E-state index is 3.45. The van der Waals surface area contributed by atoms with Crippen LogP contribution in [-0.4, -0.2) is 31.6 Å². The molecule has 2 nitrogen and oxygen atoms in total. The van der Waals surface area contributed by atoms with Crippen molar-refractivity contribution < 1.29 is 0 Å². The van der Waals surface area contributed by atoms with Crippen molar-refractivity contribution in [3.05, 3.63) is 28.7 Å². The summed E-state index contributed by atoms with van der Waals surface area (Å²) < 4.78 is 1.12. The van der Waals surface area contributed by atoms with Gasteiger partial charge in [0, 0.05) is 23.2 Å². The molecule has 0 aliphatic heterocycles. The lowest BCUT2D eigenvalue weighted by atomic mass is 10.3. The number of halogens is 1. The fraction of sp³-hybridized carbons (Fsp3) is 0.455. The number of nitrogens with one attached hydrogen (secondary N) is 1. The van der Waals surface area contributed by atoms with E-state index in [-0.39, 0.29) is 0 Å². The van der Waals surface area contributed by atoms with Crippen molar-refractivity contribution in [3.8, 4) is 0 Å². The number of rotatable bonds is 5. The monoisotopic (exact) mass is 256 g/mol. The van der Waals surface area contributed by atoms with E-state index in [1.165, 1.54) is 5.69 Å². The molecule has 0 aliphatic carbocycles. The van der Waals surface area contributed by atoms with Gasteiger partial charge in [0.15, 0.2) is 0 Å².